The molecule has 1 heterocycles. The lowest BCUT2D eigenvalue weighted by atomic mass is 9.71. The zero-order valence-corrected chi connectivity index (χ0v) is 13.7. The fourth-order valence-electron chi connectivity index (χ4n) is 3.31. The summed E-state index contributed by atoms with van der Waals surface area (Å²) in [5.74, 6) is -0.171. The molecule has 1 N–H and O–H groups in total. The molecule has 0 aromatic heterocycles. The van der Waals surface area contributed by atoms with Crippen LogP contribution in [0.3, 0.4) is 0 Å². The minimum absolute atomic E-state index is 0.0421. The van der Waals surface area contributed by atoms with E-state index < -0.39 is 11.5 Å². The summed E-state index contributed by atoms with van der Waals surface area (Å²) in [6, 6.07) is 1.52. The number of ether oxygens (including phenoxy) is 3. The van der Waals surface area contributed by atoms with E-state index in [-0.39, 0.29) is 52.2 Å². The molecule has 0 amide bonds. The van der Waals surface area contributed by atoms with Crippen LogP contribution < -0.4 is 14.2 Å². The molecule has 1 aliphatic carbocycles. The van der Waals surface area contributed by atoms with E-state index in [9.17, 15) is 9.59 Å². The number of carbonyl (C=O) groups is 2. The number of fused-ring (bicyclic) bond motifs is 1. The third-order valence-corrected chi connectivity index (χ3v) is 4.83. The molecule has 2 atom stereocenters. The maximum Gasteiger partial charge on any atom is 0.220 e. The molecule has 122 valence electrons. The van der Waals surface area contributed by atoms with Crippen LogP contribution in [0.2, 0.25) is 5.02 Å². The number of methoxy groups -OCH3 is 2. The summed E-state index contributed by atoms with van der Waals surface area (Å²) in [7, 11) is 2.88. The Morgan fingerprint density at radius 2 is 1.96 bits per heavy atom. The molecule has 23 heavy (non-hydrogen) atoms. The van der Waals surface area contributed by atoms with E-state index in [1.54, 1.807) is 6.92 Å². The SMILES string of the molecule is COc1cc(OC)c2c(c1Cl)O[C@@]1(C(=N)CC(=O)C[C@H]1C)C2=O. The Bertz CT molecular complexity index is 744. The molecule has 6 nitrogen and oxygen atoms in total. The quantitative estimate of drug-likeness (QED) is 0.896. The van der Waals surface area contributed by atoms with Crippen molar-refractivity contribution in [2.45, 2.75) is 25.4 Å². The molecule has 1 aromatic rings. The van der Waals surface area contributed by atoms with Gasteiger partial charge in [-0.1, -0.05) is 18.5 Å². The molecule has 1 aromatic carbocycles. The van der Waals surface area contributed by atoms with E-state index >= 15 is 0 Å². The maximum atomic E-state index is 13.1. The molecule has 1 saturated carbocycles. The molecule has 0 radical (unpaired) electrons. The first-order valence-electron chi connectivity index (χ1n) is 7.14. The summed E-state index contributed by atoms with van der Waals surface area (Å²) in [5.41, 5.74) is -1.33. The second-order valence-electron chi connectivity index (χ2n) is 5.77. The molecule has 0 unspecified atom stereocenters. The second-order valence-corrected chi connectivity index (χ2v) is 6.14. The summed E-state index contributed by atoms with van der Waals surface area (Å²) in [4.78, 5) is 24.8. The Morgan fingerprint density at radius 3 is 2.52 bits per heavy atom. The summed E-state index contributed by atoms with van der Waals surface area (Å²) < 4.78 is 16.4. The molecule has 0 bridgehead atoms. The van der Waals surface area contributed by atoms with Gasteiger partial charge in [0.2, 0.25) is 11.4 Å². The van der Waals surface area contributed by atoms with Crippen LogP contribution in [0.25, 0.3) is 0 Å². The Balaban J connectivity index is 2.21. The van der Waals surface area contributed by atoms with Crippen LogP contribution in [0.15, 0.2) is 6.07 Å². The van der Waals surface area contributed by atoms with Gasteiger partial charge in [0, 0.05) is 24.8 Å². The Morgan fingerprint density at radius 1 is 1.30 bits per heavy atom. The third-order valence-electron chi connectivity index (χ3n) is 4.47. The van der Waals surface area contributed by atoms with E-state index in [4.69, 9.17) is 31.2 Å². The maximum absolute atomic E-state index is 13.1. The molecular formula is C16H16ClNO5. The largest absolute Gasteiger partial charge is 0.496 e. The summed E-state index contributed by atoms with van der Waals surface area (Å²) in [5, 5.41) is 8.37. The lowest BCUT2D eigenvalue weighted by molar-refractivity contribution is -0.120. The molecule has 3 rings (SSSR count). The lowest BCUT2D eigenvalue weighted by Gasteiger charge is -2.36. The summed E-state index contributed by atoms with van der Waals surface area (Å²) in [6.07, 6.45) is 0.0836. The highest BCUT2D eigenvalue weighted by molar-refractivity contribution is 6.36. The van der Waals surface area contributed by atoms with E-state index in [1.807, 2.05) is 0 Å². The number of ketones is 2. The summed E-state index contributed by atoms with van der Waals surface area (Å²) in [6.45, 7) is 1.73. The van der Waals surface area contributed by atoms with Crippen LogP contribution in [0.5, 0.6) is 17.2 Å². The number of hydrogen-bond acceptors (Lipinski definition) is 6. The van der Waals surface area contributed by atoms with Gasteiger partial charge in [-0.25, -0.2) is 0 Å². The van der Waals surface area contributed by atoms with Crippen LogP contribution in [0.4, 0.5) is 0 Å². The topological polar surface area (TPSA) is 85.7 Å². The summed E-state index contributed by atoms with van der Waals surface area (Å²) >= 11 is 6.28. The highest BCUT2D eigenvalue weighted by Crippen LogP contribution is 2.52. The van der Waals surface area contributed by atoms with Gasteiger partial charge in [-0.05, 0) is 0 Å². The zero-order valence-electron chi connectivity index (χ0n) is 13.0. The average molecular weight is 338 g/mol. The predicted octanol–water partition coefficient (Wildman–Crippen LogP) is 2.69. The van der Waals surface area contributed by atoms with E-state index in [0.717, 1.165) is 0 Å². The highest BCUT2D eigenvalue weighted by atomic mass is 35.5. The highest BCUT2D eigenvalue weighted by Gasteiger charge is 2.59. The first-order chi connectivity index (χ1) is 10.9. The van der Waals surface area contributed by atoms with Crippen molar-refractivity contribution >= 4 is 28.9 Å². The number of hydrogen-bond donors (Lipinski definition) is 1. The Hall–Kier alpha value is -2.08. The van der Waals surface area contributed by atoms with Gasteiger partial charge >= 0.3 is 0 Å². The standard InChI is InChI=1S/C16H16ClNO5/c1-7-4-8(19)5-11(18)16(7)15(20)12-9(21-2)6-10(22-3)13(17)14(12)23-16/h6-7,18H,4-5H2,1-3H3/t7-,16+/m1/s1. The zero-order chi connectivity index (χ0) is 16.9. The van der Waals surface area contributed by atoms with Crippen molar-refractivity contribution in [1.29, 1.82) is 5.41 Å². The normalized spacial score (nSPS) is 26.3. The first kappa shape index (κ1) is 15.8. The Labute approximate surface area is 138 Å². The molecule has 0 saturated heterocycles. The number of halogens is 1. The van der Waals surface area contributed by atoms with E-state index in [1.165, 1.54) is 20.3 Å². The fraction of sp³-hybridized carbons (Fsp3) is 0.438. The second kappa shape index (κ2) is 5.23. The van der Waals surface area contributed by atoms with Crippen LogP contribution in [0.1, 0.15) is 30.1 Å². The molecule has 1 fully saturated rings. The van der Waals surface area contributed by atoms with Gasteiger partial charge in [0.25, 0.3) is 0 Å². The molecule has 1 aliphatic heterocycles. The molecular weight excluding hydrogens is 322 g/mol. The number of nitrogens with one attached hydrogen (secondary N) is 1. The van der Waals surface area contributed by atoms with Crippen molar-refractivity contribution in [2.24, 2.45) is 5.92 Å². The van der Waals surface area contributed by atoms with Gasteiger partial charge in [-0.2, -0.15) is 0 Å². The van der Waals surface area contributed by atoms with Crippen molar-refractivity contribution in [3.63, 3.8) is 0 Å². The fourth-order valence-corrected chi connectivity index (χ4v) is 3.57. The number of carbonyl (C=O) groups excluding carboxylic acids is 2. The van der Waals surface area contributed by atoms with Crippen LogP contribution >= 0.6 is 11.6 Å². The number of rotatable bonds is 2. The van der Waals surface area contributed by atoms with Gasteiger partial charge in [0.15, 0.2) is 5.75 Å². The third kappa shape index (κ3) is 1.97. The van der Waals surface area contributed by atoms with Crippen molar-refractivity contribution in [2.75, 3.05) is 14.2 Å². The van der Waals surface area contributed by atoms with Crippen molar-refractivity contribution < 1.29 is 23.8 Å². The Kier molecular flexibility index (Phi) is 3.59. The van der Waals surface area contributed by atoms with Gasteiger partial charge < -0.3 is 19.6 Å². The van der Waals surface area contributed by atoms with Crippen molar-refractivity contribution in [3.8, 4) is 17.2 Å². The van der Waals surface area contributed by atoms with Crippen LogP contribution in [-0.2, 0) is 4.79 Å². The van der Waals surface area contributed by atoms with Gasteiger partial charge in [0.05, 0.1) is 19.9 Å². The molecule has 1 spiro atoms. The van der Waals surface area contributed by atoms with Crippen molar-refractivity contribution in [1.82, 2.24) is 0 Å². The van der Waals surface area contributed by atoms with Gasteiger partial charge in [-0.15, -0.1) is 0 Å². The van der Waals surface area contributed by atoms with Crippen LogP contribution in [0, 0.1) is 11.3 Å². The molecule has 7 heteroatoms. The van der Waals surface area contributed by atoms with Crippen LogP contribution in [-0.4, -0.2) is 37.1 Å². The lowest BCUT2D eigenvalue weighted by Crippen LogP contribution is -2.57. The van der Waals surface area contributed by atoms with Gasteiger partial charge in [0.1, 0.15) is 27.9 Å². The predicted molar refractivity (Wildman–Crippen MR) is 83.4 cm³/mol. The first-order valence-corrected chi connectivity index (χ1v) is 7.52. The molecule has 2 aliphatic rings. The smallest absolute Gasteiger partial charge is 0.220 e. The number of benzene rings is 1. The minimum Gasteiger partial charge on any atom is -0.496 e. The van der Waals surface area contributed by atoms with Crippen molar-refractivity contribution in [3.05, 3.63) is 16.7 Å². The van der Waals surface area contributed by atoms with E-state index in [2.05, 4.69) is 0 Å². The monoisotopic (exact) mass is 337 g/mol. The van der Waals surface area contributed by atoms with Gasteiger partial charge in [-0.3, -0.25) is 9.59 Å². The minimum atomic E-state index is -1.49. The number of Topliss-reactive ketones (excluding diaryl/α,β-unsaturated/α-hetero) is 2. The van der Waals surface area contributed by atoms with E-state index in [0.29, 0.717) is 5.75 Å². The average Bonchev–Trinajstić information content (AvgIpc) is 2.82.